The molecule has 0 radical (unpaired) electrons. The van der Waals surface area contributed by atoms with Crippen molar-refractivity contribution in [2.45, 2.75) is 65.0 Å². The minimum atomic E-state index is -0.230. The third-order valence-electron chi connectivity index (χ3n) is 3.93. The molecule has 2 aromatic rings. The van der Waals surface area contributed by atoms with Crippen molar-refractivity contribution in [2.75, 3.05) is 0 Å². The van der Waals surface area contributed by atoms with Gasteiger partial charge in [0.2, 0.25) is 0 Å². The molecule has 116 valence electrons. The van der Waals surface area contributed by atoms with Crippen LogP contribution in [0.4, 0.5) is 4.39 Å². The second kappa shape index (κ2) is 6.56. The second-order valence-electron chi connectivity index (χ2n) is 6.38. The van der Waals surface area contributed by atoms with E-state index in [1.165, 1.54) is 12.1 Å². The van der Waals surface area contributed by atoms with Gasteiger partial charge in [-0.3, -0.25) is 0 Å². The van der Waals surface area contributed by atoms with Gasteiger partial charge in [-0.2, -0.15) is 0 Å². The van der Waals surface area contributed by atoms with Crippen LogP contribution in [0, 0.1) is 5.82 Å². The second-order valence-corrected chi connectivity index (χ2v) is 6.38. The number of benzene rings is 1. The van der Waals surface area contributed by atoms with Crippen molar-refractivity contribution < 1.29 is 4.39 Å². The zero-order valence-electron chi connectivity index (χ0n) is 13.4. The van der Waals surface area contributed by atoms with Crippen LogP contribution >= 0.6 is 0 Å². The van der Waals surface area contributed by atoms with E-state index in [0.29, 0.717) is 12.0 Å². The largest absolute Gasteiger partial charge is 0.328 e. The maximum Gasteiger partial charge on any atom is 0.125 e. The van der Waals surface area contributed by atoms with Crippen LogP contribution in [0.3, 0.4) is 0 Å². The van der Waals surface area contributed by atoms with E-state index in [4.69, 9.17) is 5.73 Å². The first-order valence-electron chi connectivity index (χ1n) is 7.83. The Morgan fingerprint density at radius 1 is 1.19 bits per heavy atom. The fraction of sp³-hybridized carbons (Fsp3) is 0.588. The van der Waals surface area contributed by atoms with E-state index in [-0.39, 0.29) is 11.9 Å². The highest BCUT2D eigenvalue weighted by Gasteiger charge is 2.18. The molecule has 21 heavy (non-hydrogen) atoms. The average Bonchev–Trinajstić information content (AvgIpc) is 2.76. The molecule has 1 aromatic carbocycles. The molecule has 2 N–H and O–H groups in total. The van der Waals surface area contributed by atoms with E-state index in [1.54, 1.807) is 0 Å². The highest BCUT2D eigenvalue weighted by atomic mass is 19.1. The Bertz CT molecular complexity index is 601. The zero-order valence-corrected chi connectivity index (χ0v) is 13.4. The maximum atomic E-state index is 13.4. The van der Waals surface area contributed by atoms with Crippen molar-refractivity contribution in [3.63, 3.8) is 0 Å². The van der Waals surface area contributed by atoms with Crippen LogP contribution in [0.5, 0.6) is 0 Å². The van der Waals surface area contributed by atoms with Crippen LogP contribution in [0.25, 0.3) is 11.0 Å². The predicted molar refractivity (Wildman–Crippen MR) is 86.0 cm³/mol. The number of imidazole rings is 1. The number of aromatic nitrogens is 2. The van der Waals surface area contributed by atoms with Crippen LogP contribution < -0.4 is 5.73 Å². The summed E-state index contributed by atoms with van der Waals surface area (Å²) in [5, 5.41) is 0. The lowest BCUT2D eigenvalue weighted by molar-refractivity contribution is 0.504. The molecular weight excluding hydrogens is 265 g/mol. The molecular formula is C17H26FN3. The Morgan fingerprint density at radius 3 is 2.52 bits per heavy atom. The van der Waals surface area contributed by atoms with Crippen molar-refractivity contribution >= 4 is 11.0 Å². The number of rotatable bonds is 6. The molecule has 0 fully saturated rings. The molecule has 3 nitrogen and oxygen atoms in total. The van der Waals surface area contributed by atoms with Crippen molar-refractivity contribution in [1.29, 1.82) is 0 Å². The third-order valence-corrected chi connectivity index (χ3v) is 3.93. The summed E-state index contributed by atoms with van der Waals surface area (Å²) in [4.78, 5) is 4.68. The maximum absolute atomic E-state index is 13.4. The molecule has 0 aliphatic rings. The lowest BCUT2D eigenvalue weighted by Crippen LogP contribution is -2.15. The van der Waals surface area contributed by atoms with Crippen molar-refractivity contribution in [3.05, 3.63) is 29.8 Å². The van der Waals surface area contributed by atoms with Crippen molar-refractivity contribution in [2.24, 2.45) is 5.73 Å². The van der Waals surface area contributed by atoms with Crippen LogP contribution in [0.1, 0.15) is 64.7 Å². The van der Waals surface area contributed by atoms with Gasteiger partial charge in [-0.1, -0.05) is 13.3 Å². The Kier molecular flexibility index (Phi) is 4.99. The minimum absolute atomic E-state index is 0.230. The normalized spacial score (nSPS) is 14.8. The number of nitrogens with two attached hydrogens (primary N) is 1. The van der Waals surface area contributed by atoms with E-state index in [9.17, 15) is 4.39 Å². The molecule has 0 saturated carbocycles. The van der Waals surface area contributed by atoms with Gasteiger partial charge in [0.1, 0.15) is 11.6 Å². The van der Waals surface area contributed by atoms with E-state index < -0.39 is 0 Å². The average molecular weight is 291 g/mol. The molecule has 0 bridgehead atoms. The summed E-state index contributed by atoms with van der Waals surface area (Å²) in [6.45, 7) is 8.51. The highest BCUT2D eigenvalue weighted by Crippen LogP contribution is 2.29. The summed E-state index contributed by atoms with van der Waals surface area (Å²) >= 11 is 0. The van der Waals surface area contributed by atoms with Gasteiger partial charge in [0.15, 0.2) is 0 Å². The molecule has 0 spiro atoms. The number of nitrogens with zero attached hydrogens (tertiary/aromatic N) is 2. The Hall–Kier alpha value is -1.42. The first-order chi connectivity index (χ1) is 9.90. The first kappa shape index (κ1) is 16.0. The molecule has 4 heteroatoms. The molecule has 2 atom stereocenters. The monoisotopic (exact) mass is 291 g/mol. The Balaban J connectivity index is 2.31. The van der Waals surface area contributed by atoms with E-state index >= 15 is 0 Å². The number of hydrogen-bond donors (Lipinski definition) is 1. The molecule has 0 amide bonds. The summed E-state index contributed by atoms with van der Waals surface area (Å²) < 4.78 is 15.6. The summed E-state index contributed by atoms with van der Waals surface area (Å²) in [7, 11) is 0. The Morgan fingerprint density at radius 2 is 1.90 bits per heavy atom. The molecule has 0 aliphatic carbocycles. The van der Waals surface area contributed by atoms with E-state index in [2.05, 4.69) is 30.3 Å². The minimum Gasteiger partial charge on any atom is -0.328 e. The fourth-order valence-corrected chi connectivity index (χ4v) is 2.86. The topological polar surface area (TPSA) is 43.8 Å². The quantitative estimate of drug-likeness (QED) is 0.858. The predicted octanol–water partition coefficient (Wildman–Crippen LogP) is 4.38. The molecule has 1 heterocycles. The van der Waals surface area contributed by atoms with Crippen LogP contribution in [-0.2, 0) is 0 Å². The summed E-state index contributed by atoms with van der Waals surface area (Å²) in [5.74, 6) is 1.17. The molecule has 1 aromatic heterocycles. The molecule has 2 unspecified atom stereocenters. The number of hydrogen-bond acceptors (Lipinski definition) is 2. The van der Waals surface area contributed by atoms with Crippen LogP contribution in [0.2, 0.25) is 0 Å². The smallest absolute Gasteiger partial charge is 0.125 e. The van der Waals surface area contributed by atoms with Gasteiger partial charge in [0.05, 0.1) is 11.0 Å². The highest BCUT2D eigenvalue weighted by molar-refractivity contribution is 5.76. The lowest BCUT2D eigenvalue weighted by atomic mass is 10.0. The zero-order chi connectivity index (χ0) is 15.6. The molecule has 0 aliphatic heterocycles. The lowest BCUT2D eigenvalue weighted by Gasteiger charge is -2.18. The van der Waals surface area contributed by atoms with E-state index in [0.717, 1.165) is 36.1 Å². The molecule has 2 rings (SSSR count). The van der Waals surface area contributed by atoms with Gasteiger partial charge in [-0.05, 0) is 45.7 Å². The van der Waals surface area contributed by atoms with Crippen LogP contribution in [-0.4, -0.2) is 15.6 Å². The fourth-order valence-electron chi connectivity index (χ4n) is 2.86. The van der Waals surface area contributed by atoms with Gasteiger partial charge < -0.3 is 10.3 Å². The summed E-state index contributed by atoms with van der Waals surface area (Å²) in [5.41, 5.74) is 7.57. The molecule has 0 saturated heterocycles. The number of halogens is 1. The first-order valence-corrected chi connectivity index (χ1v) is 7.83. The van der Waals surface area contributed by atoms with Gasteiger partial charge in [-0.15, -0.1) is 0 Å². The van der Waals surface area contributed by atoms with Crippen LogP contribution in [0.15, 0.2) is 18.2 Å². The summed E-state index contributed by atoms with van der Waals surface area (Å²) in [6.07, 6.45) is 3.18. The standard InChI is InChI=1S/C17H26FN3/c1-11(2)21-16-9-8-14(18)10-15(16)20-17(21)12(3)6-5-7-13(4)19/h8-13H,5-7,19H2,1-4H3. The van der Waals surface area contributed by atoms with Gasteiger partial charge in [0, 0.05) is 24.1 Å². The Labute approximate surface area is 126 Å². The van der Waals surface area contributed by atoms with Crippen molar-refractivity contribution in [1.82, 2.24) is 9.55 Å². The van der Waals surface area contributed by atoms with E-state index in [1.807, 2.05) is 13.0 Å². The van der Waals surface area contributed by atoms with Gasteiger partial charge in [0.25, 0.3) is 0 Å². The van der Waals surface area contributed by atoms with Crippen molar-refractivity contribution in [3.8, 4) is 0 Å². The third kappa shape index (κ3) is 3.62. The number of fused-ring (bicyclic) bond motifs is 1. The SMILES string of the molecule is CC(N)CCCC(C)c1nc2cc(F)ccc2n1C(C)C. The summed E-state index contributed by atoms with van der Waals surface area (Å²) in [6, 6.07) is 5.41. The van der Waals surface area contributed by atoms with Gasteiger partial charge in [-0.25, -0.2) is 9.37 Å². The van der Waals surface area contributed by atoms with Gasteiger partial charge >= 0.3 is 0 Å².